The SMILES string of the molecule is COC(=O)C(CCSC)NC(=O)N1CCCN(Cc2ccccn2)CC1. The van der Waals surface area contributed by atoms with Crippen molar-refractivity contribution >= 4 is 23.8 Å². The van der Waals surface area contributed by atoms with Crippen molar-refractivity contribution in [2.75, 3.05) is 45.3 Å². The van der Waals surface area contributed by atoms with E-state index in [9.17, 15) is 9.59 Å². The summed E-state index contributed by atoms with van der Waals surface area (Å²) in [6.07, 6.45) is 5.24. The van der Waals surface area contributed by atoms with Crippen molar-refractivity contribution in [2.45, 2.75) is 25.4 Å². The maximum Gasteiger partial charge on any atom is 0.328 e. The Bertz CT molecular complexity index is 573. The molecule has 1 N–H and O–H groups in total. The minimum atomic E-state index is -0.590. The molecule has 1 fully saturated rings. The molecule has 0 aromatic carbocycles. The molecule has 1 aliphatic heterocycles. The van der Waals surface area contributed by atoms with Crippen molar-refractivity contribution < 1.29 is 14.3 Å². The molecule has 1 unspecified atom stereocenters. The van der Waals surface area contributed by atoms with Crippen molar-refractivity contribution in [2.24, 2.45) is 0 Å². The predicted octanol–water partition coefficient (Wildman–Crippen LogP) is 1.59. The van der Waals surface area contributed by atoms with Crippen molar-refractivity contribution in [1.29, 1.82) is 0 Å². The van der Waals surface area contributed by atoms with Crippen LogP contribution in [0.15, 0.2) is 24.4 Å². The van der Waals surface area contributed by atoms with Gasteiger partial charge in [0, 0.05) is 38.9 Å². The fourth-order valence-electron chi connectivity index (χ4n) is 2.92. The van der Waals surface area contributed by atoms with Crippen LogP contribution >= 0.6 is 11.8 Å². The molecule has 2 amide bonds. The van der Waals surface area contributed by atoms with Gasteiger partial charge in [0.1, 0.15) is 6.04 Å². The minimum Gasteiger partial charge on any atom is -0.467 e. The number of carbonyl (C=O) groups excluding carboxylic acids is 2. The van der Waals surface area contributed by atoms with E-state index in [4.69, 9.17) is 4.74 Å². The number of hydrogen-bond acceptors (Lipinski definition) is 6. The van der Waals surface area contributed by atoms with Gasteiger partial charge in [-0.05, 0) is 37.0 Å². The number of urea groups is 1. The molecule has 0 spiro atoms. The fraction of sp³-hybridized carbons (Fsp3) is 0.611. The van der Waals surface area contributed by atoms with Crippen molar-refractivity contribution in [3.63, 3.8) is 0 Å². The lowest BCUT2D eigenvalue weighted by Gasteiger charge is -2.24. The number of carbonyl (C=O) groups is 2. The Labute approximate surface area is 159 Å². The maximum absolute atomic E-state index is 12.6. The summed E-state index contributed by atoms with van der Waals surface area (Å²) in [5, 5.41) is 2.83. The summed E-state index contributed by atoms with van der Waals surface area (Å²) in [5.74, 6) is 0.400. The summed E-state index contributed by atoms with van der Waals surface area (Å²) in [6.45, 7) is 3.82. The van der Waals surface area contributed by atoms with Crippen LogP contribution in [0.25, 0.3) is 0 Å². The van der Waals surface area contributed by atoms with Gasteiger partial charge < -0.3 is 15.0 Å². The number of nitrogens with zero attached hydrogens (tertiary/aromatic N) is 3. The van der Waals surface area contributed by atoms with E-state index in [-0.39, 0.29) is 12.0 Å². The average molecular weight is 381 g/mol. The van der Waals surface area contributed by atoms with E-state index >= 15 is 0 Å². The number of aromatic nitrogens is 1. The summed E-state index contributed by atoms with van der Waals surface area (Å²) in [5.41, 5.74) is 1.04. The smallest absolute Gasteiger partial charge is 0.328 e. The van der Waals surface area contributed by atoms with Gasteiger partial charge >= 0.3 is 12.0 Å². The lowest BCUT2D eigenvalue weighted by Crippen LogP contribution is -2.49. The molecule has 0 bridgehead atoms. The van der Waals surface area contributed by atoms with Gasteiger partial charge in [0.05, 0.1) is 12.8 Å². The molecule has 1 saturated heterocycles. The number of rotatable bonds is 7. The standard InChI is InChI=1S/C18H28N4O3S/c1-25-17(23)16(7-13-26-2)20-18(24)22-10-5-9-21(11-12-22)14-15-6-3-4-8-19-15/h3-4,6,8,16H,5,7,9-14H2,1-2H3,(H,20,24). The van der Waals surface area contributed by atoms with Crippen LogP contribution in [0.2, 0.25) is 0 Å². The topological polar surface area (TPSA) is 74.8 Å². The molecule has 0 aliphatic carbocycles. The molecule has 1 aromatic rings. The van der Waals surface area contributed by atoms with Gasteiger partial charge in [0.25, 0.3) is 0 Å². The molecule has 0 saturated carbocycles. The number of amides is 2. The molecule has 2 heterocycles. The van der Waals surface area contributed by atoms with E-state index < -0.39 is 6.04 Å². The van der Waals surface area contributed by atoms with Crippen LogP contribution in [0, 0.1) is 0 Å². The van der Waals surface area contributed by atoms with E-state index in [0.717, 1.165) is 37.5 Å². The second-order valence-corrected chi connectivity index (χ2v) is 7.23. The summed E-state index contributed by atoms with van der Waals surface area (Å²) in [6, 6.07) is 5.13. The number of pyridine rings is 1. The van der Waals surface area contributed by atoms with Crippen LogP contribution in [0.1, 0.15) is 18.5 Å². The lowest BCUT2D eigenvalue weighted by molar-refractivity contribution is -0.142. The van der Waals surface area contributed by atoms with E-state index in [2.05, 4.69) is 15.2 Å². The van der Waals surface area contributed by atoms with Gasteiger partial charge in [0.15, 0.2) is 0 Å². The number of ether oxygens (including phenoxy) is 1. The highest BCUT2D eigenvalue weighted by molar-refractivity contribution is 7.98. The second-order valence-electron chi connectivity index (χ2n) is 6.24. The Hall–Kier alpha value is -1.80. The third-order valence-corrected chi connectivity index (χ3v) is 5.03. The molecular weight excluding hydrogens is 352 g/mol. The Morgan fingerprint density at radius 3 is 2.85 bits per heavy atom. The van der Waals surface area contributed by atoms with E-state index in [1.165, 1.54) is 7.11 Å². The van der Waals surface area contributed by atoms with Crippen LogP contribution in [0.3, 0.4) is 0 Å². The molecule has 1 atom stereocenters. The number of nitrogens with one attached hydrogen (secondary N) is 1. The number of hydrogen-bond donors (Lipinski definition) is 1. The molecular formula is C18H28N4O3S. The Kier molecular flexibility index (Phi) is 8.70. The molecule has 1 aromatic heterocycles. The molecule has 8 heteroatoms. The van der Waals surface area contributed by atoms with Crippen LogP contribution in [-0.2, 0) is 16.1 Å². The van der Waals surface area contributed by atoms with Gasteiger partial charge in [-0.1, -0.05) is 6.07 Å². The van der Waals surface area contributed by atoms with E-state index in [0.29, 0.717) is 19.5 Å². The first-order chi connectivity index (χ1) is 12.6. The number of methoxy groups -OCH3 is 1. The van der Waals surface area contributed by atoms with Crippen molar-refractivity contribution in [3.8, 4) is 0 Å². The second kappa shape index (κ2) is 11.0. The summed E-state index contributed by atoms with van der Waals surface area (Å²) < 4.78 is 4.81. The van der Waals surface area contributed by atoms with Crippen molar-refractivity contribution in [1.82, 2.24) is 20.1 Å². The normalized spacial score (nSPS) is 16.6. The molecule has 7 nitrogen and oxygen atoms in total. The van der Waals surface area contributed by atoms with Crippen LogP contribution < -0.4 is 5.32 Å². The highest BCUT2D eigenvalue weighted by Crippen LogP contribution is 2.09. The highest BCUT2D eigenvalue weighted by atomic mass is 32.2. The molecule has 144 valence electrons. The van der Waals surface area contributed by atoms with E-state index in [1.54, 1.807) is 22.9 Å². The van der Waals surface area contributed by atoms with Crippen LogP contribution in [0.5, 0.6) is 0 Å². The molecule has 2 rings (SSSR count). The Morgan fingerprint density at radius 2 is 2.15 bits per heavy atom. The zero-order valence-electron chi connectivity index (χ0n) is 15.5. The first-order valence-corrected chi connectivity index (χ1v) is 10.3. The number of esters is 1. The summed E-state index contributed by atoms with van der Waals surface area (Å²) in [4.78, 5) is 32.9. The monoisotopic (exact) mass is 380 g/mol. The minimum absolute atomic E-state index is 0.193. The molecule has 0 radical (unpaired) electrons. The highest BCUT2D eigenvalue weighted by Gasteiger charge is 2.25. The summed E-state index contributed by atoms with van der Waals surface area (Å²) >= 11 is 1.64. The predicted molar refractivity (Wildman–Crippen MR) is 103 cm³/mol. The lowest BCUT2D eigenvalue weighted by atomic mass is 10.2. The van der Waals surface area contributed by atoms with Crippen molar-refractivity contribution in [3.05, 3.63) is 30.1 Å². The Morgan fingerprint density at radius 1 is 1.31 bits per heavy atom. The zero-order valence-corrected chi connectivity index (χ0v) is 16.3. The van der Waals surface area contributed by atoms with E-state index in [1.807, 2.05) is 24.5 Å². The van der Waals surface area contributed by atoms with Gasteiger partial charge in [-0.2, -0.15) is 11.8 Å². The summed E-state index contributed by atoms with van der Waals surface area (Å²) in [7, 11) is 1.35. The third kappa shape index (κ3) is 6.49. The maximum atomic E-state index is 12.6. The quantitative estimate of drug-likeness (QED) is 0.724. The van der Waals surface area contributed by atoms with Crippen LogP contribution in [-0.4, -0.2) is 78.1 Å². The van der Waals surface area contributed by atoms with Gasteiger partial charge in [-0.3, -0.25) is 9.88 Å². The van der Waals surface area contributed by atoms with Gasteiger partial charge in [0.2, 0.25) is 0 Å². The van der Waals surface area contributed by atoms with Gasteiger partial charge in [-0.15, -0.1) is 0 Å². The fourth-order valence-corrected chi connectivity index (χ4v) is 3.39. The molecule has 26 heavy (non-hydrogen) atoms. The average Bonchev–Trinajstić information content (AvgIpc) is 2.90. The van der Waals surface area contributed by atoms with Crippen LogP contribution in [0.4, 0.5) is 4.79 Å². The largest absolute Gasteiger partial charge is 0.467 e. The van der Waals surface area contributed by atoms with Gasteiger partial charge in [-0.25, -0.2) is 9.59 Å². The Balaban J connectivity index is 1.86. The first-order valence-electron chi connectivity index (χ1n) is 8.88. The third-order valence-electron chi connectivity index (χ3n) is 4.38. The molecule has 1 aliphatic rings. The zero-order chi connectivity index (χ0) is 18.8. The number of thioether (sulfide) groups is 1. The first kappa shape index (κ1) is 20.5.